The van der Waals surface area contributed by atoms with Crippen LogP contribution in [-0.2, 0) is 0 Å². The van der Waals surface area contributed by atoms with E-state index in [4.69, 9.17) is 0 Å². The van der Waals surface area contributed by atoms with Crippen LogP contribution in [0.5, 0.6) is 0 Å². The number of aryl methyl sites for hydroxylation is 1. The van der Waals surface area contributed by atoms with Crippen molar-refractivity contribution < 1.29 is 9.59 Å². The predicted octanol–water partition coefficient (Wildman–Crippen LogP) is 5.28. The summed E-state index contributed by atoms with van der Waals surface area (Å²) in [6.45, 7) is 3.21. The summed E-state index contributed by atoms with van der Waals surface area (Å²) in [6.07, 6.45) is 1.41. The molecule has 0 bridgehead atoms. The van der Waals surface area contributed by atoms with Gasteiger partial charge in [-0.1, -0.05) is 66.2 Å². The summed E-state index contributed by atoms with van der Waals surface area (Å²) in [5.41, 5.74) is 2.74. The van der Waals surface area contributed by atoms with Gasteiger partial charge in [0, 0.05) is 30.0 Å². The first-order valence-corrected chi connectivity index (χ1v) is 9.76. The van der Waals surface area contributed by atoms with Gasteiger partial charge in [0.15, 0.2) is 5.78 Å². The first kappa shape index (κ1) is 18.2. The summed E-state index contributed by atoms with van der Waals surface area (Å²) in [4.78, 5) is 27.2. The van der Waals surface area contributed by atoms with Gasteiger partial charge in [0.05, 0.1) is 5.69 Å². The van der Waals surface area contributed by atoms with Crippen LogP contribution in [0.25, 0.3) is 10.8 Å². The Balaban J connectivity index is 1.38. The van der Waals surface area contributed by atoms with E-state index in [0.29, 0.717) is 25.9 Å². The van der Waals surface area contributed by atoms with E-state index in [0.717, 1.165) is 27.6 Å². The largest absolute Gasteiger partial charge is 0.324 e. The molecule has 0 aromatic heterocycles. The van der Waals surface area contributed by atoms with Gasteiger partial charge < -0.3 is 10.2 Å². The zero-order valence-electron chi connectivity index (χ0n) is 16.0. The number of hydrogen-bond donors (Lipinski definition) is 1. The normalized spacial score (nSPS) is 14.8. The van der Waals surface area contributed by atoms with Gasteiger partial charge in [0.2, 0.25) is 0 Å². The quantitative estimate of drug-likeness (QED) is 0.636. The number of piperidine rings is 1. The number of rotatable bonds is 3. The molecule has 0 aliphatic carbocycles. The van der Waals surface area contributed by atoms with E-state index < -0.39 is 0 Å². The van der Waals surface area contributed by atoms with Crippen LogP contribution < -0.4 is 5.32 Å². The highest BCUT2D eigenvalue weighted by molar-refractivity contribution is 6.02. The van der Waals surface area contributed by atoms with Crippen LogP contribution in [0.3, 0.4) is 0 Å². The molecule has 4 heteroatoms. The van der Waals surface area contributed by atoms with Crippen molar-refractivity contribution in [1.29, 1.82) is 0 Å². The van der Waals surface area contributed by atoms with Gasteiger partial charge in [0.1, 0.15) is 0 Å². The fourth-order valence-electron chi connectivity index (χ4n) is 3.83. The lowest BCUT2D eigenvalue weighted by molar-refractivity contribution is 0.0859. The number of nitrogens with zero attached hydrogens (tertiary/aromatic N) is 1. The Labute approximate surface area is 165 Å². The van der Waals surface area contributed by atoms with E-state index in [2.05, 4.69) is 5.32 Å². The summed E-state index contributed by atoms with van der Waals surface area (Å²) in [6, 6.07) is 21.6. The molecular weight excluding hydrogens is 348 g/mol. The number of carbonyl (C=O) groups excluding carboxylic acids is 2. The molecule has 1 fully saturated rings. The molecule has 1 aliphatic rings. The molecule has 1 N–H and O–H groups in total. The number of likely N-dealkylation sites (tertiary alicyclic amines) is 1. The minimum atomic E-state index is -0.0995. The van der Waals surface area contributed by atoms with Crippen LogP contribution in [0.15, 0.2) is 66.7 Å². The zero-order chi connectivity index (χ0) is 19.5. The van der Waals surface area contributed by atoms with Crippen molar-refractivity contribution in [3.63, 3.8) is 0 Å². The highest BCUT2D eigenvalue weighted by atomic mass is 16.2. The molecule has 0 unspecified atom stereocenters. The molecule has 4 rings (SSSR count). The van der Waals surface area contributed by atoms with E-state index >= 15 is 0 Å². The van der Waals surface area contributed by atoms with Gasteiger partial charge in [-0.25, -0.2) is 4.79 Å². The minimum Gasteiger partial charge on any atom is -0.324 e. The number of fused-ring (bicyclic) bond motifs is 1. The number of ketones is 1. The third-order valence-corrected chi connectivity index (χ3v) is 5.52. The number of carbonyl (C=O) groups is 2. The fraction of sp³-hybridized carbons (Fsp3) is 0.250. The molecule has 3 aromatic carbocycles. The van der Waals surface area contributed by atoms with Gasteiger partial charge in [0.25, 0.3) is 0 Å². The molecule has 3 aromatic rings. The van der Waals surface area contributed by atoms with E-state index in [1.54, 1.807) is 4.90 Å². The molecule has 1 aliphatic heterocycles. The lowest BCUT2D eigenvalue weighted by atomic mass is 9.89. The molecule has 2 amide bonds. The maximum absolute atomic E-state index is 12.7. The second-order valence-electron chi connectivity index (χ2n) is 7.45. The number of amides is 2. The van der Waals surface area contributed by atoms with Crippen molar-refractivity contribution in [2.75, 3.05) is 18.4 Å². The standard InChI is InChI=1S/C24H24N2O2/c1-17-9-11-19(12-10-17)23(27)20-13-15-26(16-14-20)24(28)25-22-8-4-6-18-5-2-3-7-21(18)22/h2-12,20H,13-16H2,1H3,(H,25,28). The van der Waals surface area contributed by atoms with Crippen LogP contribution in [0.2, 0.25) is 0 Å². The van der Waals surface area contributed by atoms with Gasteiger partial charge in [-0.2, -0.15) is 0 Å². The van der Waals surface area contributed by atoms with Crippen LogP contribution in [0, 0.1) is 12.8 Å². The summed E-state index contributed by atoms with van der Waals surface area (Å²) in [7, 11) is 0. The van der Waals surface area contributed by atoms with E-state index in [1.807, 2.05) is 73.7 Å². The molecule has 4 nitrogen and oxygen atoms in total. The lowest BCUT2D eigenvalue weighted by Gasteiger charge is -2.31. The van der Waals surface area contributed by atoms with Crippen molar-refractivity contribution in [2.45, 2.75) is 19.8 Å². The molecular formula is C24H24N2O2. The topological polar surface area (TPSA) is 49.4 Å². The average molecular weight is 372 g/mol. The number of nitrogens with one attached hydrogen (secondary N) is 1. The highest BCUT2D eigenvalue weighted by Gasteiger charge is 2.28. The molecule has 0 radical (unpaired) electrons. The van der Waals surface area contributed by atoms with Gasteiger partial charge in [-0.3, -0.25) is 4.79 Å². The van der Waals surface area contributed by atoms with Gasteiger partial charge in [-0.05, 0) is 31.2 Å². The molecule has 142 valence electrons. The fourth-order valence-corrected chi connectivity index (χ4v) is 3.83. The molecule has 1 saturated heterocycles. The smallest absolute Gasteiger partial charge is 0.321 e. The molecule has 28 heavy (non-hydrogen) atoms. The third kappa shape index (κ3) is 3.77. The Bertz CT molecular complexity index is 997. The summed E-state index contributed by atoms with van der Waals surface area (Å²) in [5, 5.41) is 5.17. The third-order valence-electron chi connectivity index (χ3n) is 5.52. The Morgan fingerprint density at radius 1 is 0.893 bits per heavy atom. The number of benzene rings is 3. The van der Waals surface area contributed by atoms with Crippen LogP contribution in [-0.4, -0.2) is 29.8 Å². The second-order valence-corrected chi connectivity index (χ2v) is 7.45. The van der Waals surface area contributed by atoms with Crippen LogP contribution in [0.4, 0.5) is 10.5 Å². The van der Waals surface area contributed by atoms with Crippen molar-refractivity contribution in [3.05, 3.63) is 77.9 Å². The van der Waals surface area contributed by atoms with E-state index in [-0.39, 0.29) is 17.7 Å². The molecule has 0 atom stereocenters. The zero-order valence-corrected chi connectivity index (χ0v) is 16.0. The van der Waals surface area contributed by atoms with Crippen LogP contribution >= 0.6 is 0 Å². The first-order valence-electron chi connectivity index (χ1n) is 9.76. The van der Waals surface area contributed by atoms with E-state index in [1.165, 1.54) is 0 Å². The van der Waals surface area contributed by atoms with Gasteiger partial charge >= 0.3 is 6.03 Å². The average Bonchev–Trinajstić information content (AvgIpc) is 2.74. The van der Waals surface area contributed by atoms with Crippen molar-refractivity contribution in [2.24, 2.45) is 5.92 Å². The maximum Gasteiger partial charge on any atom is 0.321 e. The predicted molar refractivity (Wildman–Crippen MR) is 113 cm³/mol. The summed E-state index contributed by atoms with van der Waals surface area (Å²) >= 11 is 0. The SMILES string of the molecule is Cc1ccc(C(=O)C2CCN(C(=O)Nc3cccc4ccccc34)CC2)cc1. The first-order chi connectivity index (χ1) is 13.6. The summed E-state index contributed by atoms with van der Waals surface area (Å²) in [5.74, 6) is 0.179. The minimum absolute atomic E-state index is 0.00990. The van der Waals surface area contributed by atoms with Gasteiger partial charge in [-0.15, -0.1) is 0 Å². The number of anilines is 1. The second kappa shape index (κ2) is 7.85. The van der Waals surface area contributed by atoms with Crippen LogP contribution in [0.1, 0.15) is 28.8 Å². The Morgan fingerprint density at radius 3 is 2.32 bits per heavy atom. The van der Waals surface area contributed by atoms with E-state index in [9.17, 15) is 9.59 Å². The Hall–Kier alpha value is -3.14. The highest BCUT2D eigenvalue weighted by Crippen LogP contribution is 2.25. The lowest BCUT2D eigenvalue weighted by Crippen LogP contribution is -2.42. The van der Waals surface area contributed by atoms with Crippen molar-refractivity contribution in [3.8, 4) is 0 Å². The number of hydrogen-bond acceptors (Lipinski definition) is 2. The molecule has 1 heterocycles. The van der Waals surface area contributed by atoms with Crippen molar-refractivity contribution in [1.82, 2.24) is 4.90 Å². The number of urea groups is 1. The molecule has 0 spiro atoms. The Kier molecular flexibility index (Phi) is 5.11. The monoisotopic (exact) mass is 372 g/mol. The van der Waals surface area contributed by atoms with Crippen molar-refractivity contribution >= 4 is 28.3 Å². The summed E-state index contributed by atoms with van der Waals surface area (Å²) < 4.78 is 0. The number of Topliss-reactive ketones (excluding diaryl/α,β-unsaturated/α-hetero) is 1. The molecule has 0 saturated carbocycles. The Morgan fingerprint density at radius 2 is 1.57 bits per heavy atom. The maximum atomic E-state index is 12.7.